The zero-order valence-corrected chi connectivity index (χ0v) is 14.5. The van der Waals surface area contributed by atoms with E-state index in [0.29, 0.717) is 18.1 Å². The number of benzene rings is 1. The number of carbonyl (C=O) groups excluding carboxylic acids is 1. The smallest absolute Gasteiger partial charge is 0.315 e. The van der Waals surface area contributed by atoms with Crippen molar-refractivity contribution in [1.82, 2.24) is 15.6 Å². The first-order valence-electron chi connectivity index (χ1n) is 7.99. The monoisotopic (exact) mass is 347 g/mol. The van der Waals surface area contributed by atoms with Gasteiger partial charge in [-0.3, -0.25) is 0 Å². The van der Waals surface area contributed by atoms with Gasteiger partial charge in [0.25, 0.3) is 0 Å². The summed E-state index contributed by atoms with van der Waals surface area (Å²) in [5.74, 6) is 0.196. The molecule has 6 nitrogen and oxygen atoms in total. The van der Waals surface area contributed by atoms with E-state index < -0.39 is 5.82 Å². The van der Waals surface area contributed by atoms with Crippen molar-refractivity contribution in [2.75, 3.05) is 13.7 Å². The molecule has 2 rings (SSSR count). The highest BCUT2D eigenvalue weighted by atomic mass is 19.1. The largest absolute Gasteiger partial charge is 0.494 e. The average Bonchev–Trinajstić information content (AvgIpc) is 2.61. The predicted molar refractivity (Wildman–Crippen MR) is 92.1 cm³/mol. The minimum atomic E-state index is -0.467. The normalized spacial score (nSPS) is 11.5. The molecule has 1 atom stereocenters. The lowest BCUT2D eigenvalue weighted by atomic mass is 10.1. The zero-order valence-electron chi connectivity index (χ0n) is 14.5. The highest BCUT2D eigenvalue weighted by Crippen LogP contribution is 2.21. The molecule has 25 heavy (non-hydrogen) atoms. The van der Waals surface area contributed by atoms with Gasteiger partial charge < -0.3 is 20.1 Å². The quantitative estimate of drug-likeness (QED) is 0.807. The number of nitrogens with zero attached hydrogens (tertiary/aromatic N) is 1. The van der Waals surface area contributed by atoms with Gasteiger partial charge in [0, 0.05) is 18.3 Å². The van der Waals surface area contributed by atoms with Gasteiger partial charge in [-0.1, -0.05) is 12.1 Å². The minimum Gasteiger partial charge on any atom is -0.494 e. The number of urea groups is 1. The van der Waals surface area contributed by atoms with Gasteiger partial charge in [0.2, 0.25) is 5.88 Å². The Balaban J connectivity index is 1.93. The summed E-state index contributed by atoms with van der Waals surface area (Å²) in [6, 6.07) is 7.47. The van der Waals surface area contributed by atoms with Crippen LogP contribution in [0, 0.1) is 5.82 Å². The number of ether oxygens (including phenoxy) is 2. The second-order valence-electron chi connectivity index (χ2n) is 5.34. The summed E-state index contributed by atoms with van der Waals surface area (Å²) in [6.07, 6.45) is 1.63. The van der Waals surface area contributed by atoms with Crippen molar-refractivity contribution in [3.05, 3.63) is 53.5 Å². The third-order valence-electron chi connectivity index (χ3n) is 3.59. The van der Waals surface area contributed by atoms with Crippen LogP contribution in [0.4, 0.5) is 9.18 Å². The summed E-state index contributed by atoms with van der Waals surface area (Å²) < 4.78 is 24.1. The van der Waals surface area contributed by atoms with E-state index in [0.717, 1.165) is 5.56 Å². The highest BCUT2D eigenvalue weighted by molar-refractivity contribution is 5.74. The van der Waals surface area contributed by atoms with E-state index in [9.17, 15) is 9.18 Å². The predicted octanol–water partition coefficient (Wildman–Crippen LogP) is 3.19. The third-order valence-corrected chi connectivity index (χ3v) is 3.59. The Kier molecular flexibility index (Phi) is 6.56. The summed E-state index contributed by atoms with van der Waals surface area (Å²) in [5, 5.41) is 5.51. The van der Waals surface area contributed by atoms with Crippen LogP contribution in [0.2, 0.25) is 0 Å². The van der Waals surface area contributed by atoms with Crippen molar-refractivity contribution in [2.24, 2.45) is 0 Å². The third kappa shape index (κ3) is 5.07. The molecule has 0 aliphatic rings. The summed E-state index contributed by atoms with van der Waals surface area (Å²) in [4.78, 5) is 16.2. The summed E-state index contributed by atoms with van der Waals surface area (Å²) >= 11 is 0. The number of aromatic nitrogens is 1. The number of nitrogens with one attached hydrogen (secondary N) is 2. The highest BCUT2D eigenvalue weighted by Gasteiger charge is 2.13. The molecule has 2 aromatic rings. The van der Waals surface area contributed by atoms with E-state index in [2.05, 4.69) is 15.6 Å². The molecule has 1 aromatic carbocycles. The van der Waals surface area contributed by atoms with Crippen molar-refractivity contribution in [2.45, 2.75) is 26.4 Å². The topological polar surface area (TPSA) is 72.5 Å². The lowest BCUT2D eigenvalue weighted by molar-refractivity contribution is 0.237. The van der Waals surface area contributed by atoms with Crippen molar-refractivity contribution < 1.29 is 18.7 Å². The lowest BCUT2D eigenvalue weighted by Gasteiger charge is -2.16. The van der Waals surface area contributed by atoms with Gasteiger partial charge in [-0.2, -0.15) is 0 Å². The van der Waals surface area contributed by atoms with Crippen LogP contribution in [-0.4, -0.2) is 24.7 Å². The molecule has 0 aliphatic carbocycles. The Bertz CT molecular complexity index is 724. The summed E-state index contributed by atoms with van der Waals surface area (Å²) in [6.45, 7) is 4.42. The number of methoxy groups -OCH3 is 1. The van der Waals surface area contributed by atoms with Crippen LogP contribution in [0.15, 0.2) is 36.5 Å². The molecule has 0 bridgehead atoms. The van der Waals surface area contributed by atoms with Crippen molar-refractivity contribution >= 4 is 6.03 Å². The van der Waals surface area contributed by atoms with Crippen LogP contribution < -0.4 is 20.1 Å². The number of amides is 2. The van der Waals surface area contributed by atoms with Gasteiger partial charge >= 0.3 is 6.03 Å². The Labute approximate surface area is 146 Å². The molecule has 2 N–H and O–H groups in total. The van der Waals surface area contributed by atoms with Crippen LogP contribution in [0.1, 0.15) is 31.0 Å². The van der Waals surface area contributed by atoms with Gasteiger partial charge in [-0.05, 0) is 37.6 Å². The molecule has 0 saturated carbocycles. The molecule has 0 aliphatic heterocycles. The fourth-order valence-electron chi connectivity index (χ4n) is 2.28. The van der Waals surface area contributed by atoms with Crippen LogP contribution in [0.5, 0.6) is 11.6 Å². The number of rotatable bonds is 7. The molecular weight excluding hydrogens is 325 g/mol. The van der Waals surface area contributed by atoms with E-state index >= 15 is 0 Å². The Morgan fingerprint density at radius 3 is 2.84 bits per heavy atom. The SMILES string of the molecule is CCOc1ncccc1CNC(=O)NC(C)c1ccc(OC)c(F)c1. The number of pyridine rings is 1. The molecule has 134 valence electrons. The average molecular weight is 347 g/mol. The molecule has 7 heteroatoms. The standard InChI is InChI=1S/C18H22FN3O3/c1-4-25-17-14(6-5-9-20-17)11-21-18(23)22-12(2)13-7-8-16(24-3)15(19)10-13/h5-10,12H,4,11H2,1-3H3,(H2,21,22,23). The second kappa shape index (κ2) is 8.86. The first-order chi connectivity index (χ1) is 12.0. The summed E-state index contributed by atoms with van der Waals surface area (Å²) in [7, 11) is 1.40. The van der Waals surface area contributed by atoms with Crippen molar-refractivity contribution in [3.8, 4) is 11.6 Å². The van der Waals surface area contributed by atoms with Crippen LogP contribution in [-0.2, 0) is 6.54 Å². The first kappa shape index (κ1) is 18.5. The van der Waals surface area contributed by atoms with Crippen LogP contribution in [0.25, 0.3) is 0 Å². The molecule has 1 aromatic heterocycles. The molecule has 0 saturated heterocycles. The van der Waals surface area contributed by atoms with E-state index in [1.165, 1.54) is 19.2 Å². The van der Waals surface area contributed by atoms with Gasteiger partial charge in [-0.15, -0.1) is 0 Å². The fourth-order valence-corrected chi connectivity index (χ4v) is 2.28. The van der Waals surface area contributed by atoms with E-state index in [1.807, 2.05) is 13.0 Å². The number of hydrogen-bond acceptors (Lipinski definition) is 4. The molecule has 0 spiro atoms. The van der Waals surface area contributed by atoms with E-state index in [-0.39, 0.29) is 24.4 Å². The maximum Gasteiger partial charge on any atom is 0.315 e. The molecule has 1 unspecified atom stereocenters. The van der Waals surface area contributed by atoms with Gasteiger partial charge in [0.05, 0.1) is 19.8 Å². The molecule has 2 amide bonds. The van der Waals surface area contributed by atoms with Gasteiger partial charge in [0.1, 0.15) is 0 Å². The minimum absolute atomic E-state index is 0.167. The van der Waals surface area contributed by atoms with E-state index in [1.54, 1.807) is 25.3 Å². The fraction of sp³-hybridized carbons (Fsp3) is 0.333. The number of carbonyl (C=O) groups is 1. The molecule has 0 radical (unpaired) electrons. The lowest BCUT2D eigenvalue weighted by Crippen LogP contribution is -2.36. The van der Waals surface area contributed by atoms with Crippen LogP contribution >= 0.6 is 0 Å². The van der Waals surface area contributed by atoms with E-state index in [4.69, 9.17) is 9.47 Å². The first-order valence-corrected chi connectivity index (χ1v) is 7.99. The molecule has 1 heterocycles. The second-order valence-corrected chi connectivity index (χ2v) is 5.34. The van der Waals surface area contributed by atoms with Crippen LogP contribution in [0.3, 0.4) is 0 Å². The number of halogens is 1. The molecular formula is C18H22FN3O3. The van der Waals surface area contributed by atoms with Gasteiger partial charge in [0.15, 0.2) is 11.6 Å². The van der Waals surface area contributed by atoms with Gasteiger partial charge in [-0.25, -0.2) is 14.2 Å². The van der Waals surface area contributed by atoms with Crippen molar-refractivity contribution in [3.63, 3.8) is 0 Å². The Morgan fingerprint density at radius 1 is 1.36 bits per heavy atom. The number of hydrogen-bond donors (Lipinski definition) is 2. The molecule has 0 fully saturated rings. The van der Waals surface area contributed by atoms with Crippen molar-refractivity contribution in [1.29, 1.82) is 0 Å². The zero-order chi connectivity index (χ0) is 18.2. The Morgan fingerprint density at radius 2 is 2.16 bits per heavy atom. The maximum absolute atomic E-state index is 13.8. The Hall–Kier alpha value is -2.83. The maximum atomic E-state index is 13.8. The summed E-state index contributed by atoms with van der Waals surface area (Å²) in [5.41, 5.74) is 1.42.